The Bertz CT molecular complexity index is 460. The van der Waals surface area contributed by atoms with Crippen molar-refractivity contribution in [3.63, 3.8) is 0 Å². The molecule has 0 aromatic carbocycles. The highest BCUT2D eigenvalue weighted by Crippen LogP contribution is 2.05. The van der Waals surface area contributed by atoms with E-state index in [4.69, 9.17) is 0 Å². The second-order valence-corrected chi connectivity index (χ2v) is 3.57. The third kappa shape index (κ3) is 2.63. The van der Waals surface area contributed by atoms with Crippen molar-refractivity contribution in [1.82, 2.24) is 20.6 Å². The molecule has 0 aliphatic carbocycles. The Kier molecular flexibility index (Phi) is 3.08. The van der Waals surface area contributed by atoms with Crippen LogP contribution in [0.1, 0.15) is 23.3 Å². The number of carbonyl (C=O) groups excluding carboxylic acids is 3. The molecule has 1 aliphatic heterocycles. The molecule has 2 heterocycles. The molecule has 0 spiro atoms. The van der Waals surface area contributed by atoms with Crippen LogP contribution in [0.5, 0.6) is 0 Å². The molecule has 1 fully saturated rings. The van der Waals surface area contributed by atoms with E-state index in [1.807, 2.05) is 0 Å². The zero-order valence-electron chi connectivity index (χ0n) is 8.84. The molecule has 7 nitrogen and oxygen atoms in total. The minimum absolute atomic E-state index is 0.136. The molecule has 2 N–H and O–H groups in total. The summed E-state index contributed by atoms with van der Waals surface area (Å²) in [6, 6.07) is -0.692. The standard InChI is InChI=1S/C10H10N4O3/c15-8-2-1-6(9(16)14-8)13-10(17)7-5-11-3-4-12-7/h3-6H,1-2H2,(H,13,17)(H,14,15,16). The molecule has 0 saturated carbocycles. The highest BCUT2D eigenvalue weighted by Gasteiger charge is 2.28. The van der Waals surface area contributed by atoms with Gasteiger partial charge in [-0.15, -0.1) is 0 Å². The highest BCUT2D eigenvalue weighted by molar-refractivity contribution is 6.03. The van der Waals surface area contributed by atoms with Crippen molar-refractivity contribution in [3.05, 3.63) is 24.3 Å². The Morgan fingerprint density at radius 1 is 1.41 bits per heavy atom. The van der Waals surface area contributed by atoms with Crippen LogP contribution >= 0.6 is 0 Å². The van der Waals surface area contributed by atoms with E-state index < -0.39 is 17.9 Å². The fourth-order valence-electron chi connectivity index (χ4n) is 1.48. The van der Waals surface area contributed by atoms with Crippen molar-refractivity contribution < 1.29 is 14.4 Å². The van der Waals surface area contributed by atoms with Crippen LogP contribution in [0.3, 0.4) is 0 Å². The van der Waals surface area contributed by atoms with Gasteiger partial charge in [0.05, 0.1) is 6.20 Å². The van der Waals surface area contributed by atoms with Crippen LogP contribution in [0.25, 0.3) is 0 Å². The summed E-state index contributed by atoms with van der Waals surface area (Å²) in [5.74, 6) is -1.29. The topological polar surface area (TPSA) is 101 Å². The smallest absolute Gasteiger partial charge is 0.272 e. The molecule has 17 heavy (non-hydrogen) atoms. The van der Waals surface area contributed by atoms with Crippen LogP contribution in [0.4, 0.5) is 0 Å². The average Bonchev–Trinajstić information content (AvgIpc) is 2.34. The van der Waals surface area contributed by atoms with Crippen molar-refractivity contribution in [2.75, 3.05) is 0 Å². The second kappa shape index (κ2) is 4.69. The third-order valence-electron chi connectivity index (χ3n) is 2.34. The number of carbonyl (C=O) groups is 3. The lowest BCUT2D eigenvalue weighted by molar-refractivity contribution is -0.134. The van der Waals surface area contributed by atoms with E-state index in [9.17, 15) is 14.4 Å². The largest absolute Gasteiger partial charge is 0.339 e. The highest BCUT2D eigenvalue weighted by atomic mass is 16.2. The van der Waals surface area contributed by atoms with Crippen molar-refractivity contribution in [2.45, 2.75) is 18.9 Å². The summed E-state index contributed by atoms with van der Waals surface area (Å²) in [7, 11) is 0. The SMILES string of the molecule is O=C1CCC(NC(=O)c2cnccn2)C(=O)N1. The Labute approximate surface area is 96.6 Å². The van der Waals surface area contributed by atoms with Gasteiger partial charge in [-0.1, -0.05) is 0 Å². The number of aromatic nitrogens is 2. The molecule has 1 aromatic rings. The summed E-state index contributed by atoms with van der Waals surface area (Å²) in [4.78, 5) is 41.5. The van der Waals surface area contributed by atoms with E-state index >= 15 is 0 Å². The van der Waals surface area contributed by atoms with Gasteiger partial charge >= 0.3 is 0 Å². The number of rotatable bonds is 2. The van der Waals surface area contributed by atoms with Crippen molar-refractivity contribution >= 4 is 17.7 Å². The van der Waals surface area contributed by atoms with Crippen LogP contribution in [-0.4, -0.2) is 33.7 Å². The van der Waals surface area contributed by atoms with Crippen LogP contribution < -0.4 is 10.6 Å². The molecule has 1 aliphatic rings. The van der Waals surface area contributed by atoms with Gasteiger partial charge in [-0.05, 0) is 6.42 Å². The minimum atomic E-state index is -0.692. The first-order valence-corrected chi connectivity index (χ1v) is 5.07. The Balaban J connectivity index is 2.00. The van der Waals surface area contributed by atoms with E-state index in [-0.39, 0.29) is 18.0 Å². The van der Waals surface area contributed by atoms with Gasteiger partial charge in [0.15, 0.2) is 0 Å². The van der Waals surface area contributed by atoms with E-state index in [0.29, 0.717) is 6.42 Å². The molecule has 2 rings (SSSR count). The van der Waals surface area contributed by atoms with Crippen LogP contribution in [0.15, 0.2) is 18.6 Å². The Morgan fingerprint density at radius 3 is 2.88 bits per heavy atom. The van der Waals surface area contributed by atoms with Crippen molar-refractivity contribution in [2.24, 2.45) is 0 Å². The zero-order chi connectivity index (χ0) is 12.3. The molecule has 1 atom stereocenters. The molecule has 1 unspecified atom stereocenters. The summed E-state index contributed by atoms with van der Waals surface area (Å²) in [5, 5.41) is 4.66. The van der Waals surface area contributed by atoms with Gasteiger partial charge in [-0.2, -0.15) is 0 Å². The molecular formula is C10H10N4O3. The average molecular weight is 234 g/mol. The van der Waals surface area contributed by atoms with Gasteiger partial charge < -0.3 is 5.32 Å². The van der Waals surface area contributed by atoms with Crippen LogP contribution in [0, 0.1) is 0 Å². The fraction of sp³-hybridized carbons (Fsp3) is 0.300. The summed E-state index contributed by atoms with van der Waals surface area (Å²) in [6.07, 6.45) is 4.66. The molecule has 0 radical (unpaired) electrons. The maximum Gasteiger partial charge on any atom is 0.272 e. The van der Waals surface area contributed by atoms with Crippen LogP contribution in [0.2, 0.25) is 0 Å². The molecule has 88 valence electrons. The predicted molar refractivity (Wildman–Crippen MR) is 55.7 cm³/mol. The van der Waals surface area contributed by atoms with Gasteiger partial charge in [0.2, 0.25) is 11.8 Å². The number of amides is 3. The van der Waals surface area contributed by atoms with E-state index in [0.717, 1.165) is 0 Å². The maximum absolute atomic E-state index is 11.7. The number of imide groups is 1. The quantitative estimate of drug-likeness (QED) is 0.640. The molecular weight excluding hydrogens is 224 g/mol. The zero-order valence-corrected chi connectivity index (χ0v) is 8.84. The summed E-state index contributed by atoms with van der Waals surface area (Å²) in [5.41, 5.74) is 0.136. The summed E-state index contributed by atoms with van der Waals surface area (Å²) in [6.45, 7) is 0. The predicted octanol–water partition coefficient (Wildman–Crippen LogP) is -0.988. The van der Waals surface area contributed by atoms with Gasteiger partial charge in [-0.25, -0.2) is 4.98 Å². The summed E-state index contributed by atoms with van der Waals surface area (Å²) >= 11 is 0. The first kappa shape index (κ1) is 11.2. The lowest BCUT2D eigenvalue weighted by atomic mass is 10.1. The molecule has 1 saturated heterocycles. The lowest BCUT2D eigenvalue weighted by Gasteiger charge is -2.21. The number of nitrogens with zero attached hydrogens (tertiary/aromatic N) is 2. The number of nitrogens with one attached hydrogen (secondary N) is 2. The third-order valence-corrected chi connectivity index (χ3v) is 2.34. The molecule has 3 amide bonds. The van der Waals surface area contributed by atoms with E-state index in [1.165, 1.54) is 18.6 Å². The van der Waals surface area contributed by atoms with E-state index in [2.05, 4.69) is 20.6 Å². The van der Waals surface area contributed by atoms with Crippen LogP contribution in [-0.2, 0) is 9.59 Å². The van der Waals surface area contributed by atoms with Gasteiger partial charge in [0, 0.05) is 18.8 Å². The van der Waals surface area contributed by atoms with E-state index in [1.54, 1.807) is 0 Å². The lowest BCUT2D eigenvalue weighted by Crippen LogP contribution is -2.52. The number of hydrogen-bond donors (Lipinski definition) is 2. The van der Waals surface area contributed by atoms with Gasteiger partial charge in [-0.3, -0.25) is 24.7 Å². The fourth-order valence-corrected chi connectivity index (χ4v) is 1.48. The Morgan fingerprint density at radius 2 is 2.24 bits per heavy atom. The first-order chi connectivity index (χ1) is 8.16. The first-order valence-electron chi connectivity index (χ1n) is 5.07. The monoisotopic (exact) mass is 234 g/mol. The van der Waals surface area contributed by atoms with Crippen molar-refractivity contribution in [1.29, 1.82) is 0 Å². The Hall–Kier alpha value is -2.31. The normalized spacial score (nSPS) is 19.6. The second-order valence-electron chi connectivity index (χ2n) is 3.57. The maximum atomic E-state index is 11.7. The molecule has 0 bridgehead atoms. The van der Waals surface area contributed by atoms with Gasteiger partial charge in [0.25, 0.3) is 5.91 Å². The molecule has 7 heteroatoms. The number of piperidine rings is 1. The van der Waals surface area contributed by atoms with Gasteiger partial charge in [0.1, 0.15) is 11.7 Å². The molecule has 1 aromatic heterocycles. The summed E-state index contributed by atoms with van der Waals surface area (Å²) < 4.78 is 0. The minimum Gasteiger partial charge on any atom is -0.339 e. The van der Waals surface area contributed by atoms with Crippen molar-refractivity contribution in [3.8, 4) is 0 Å². The number of hydrogen-bond acceptors (Lipinski definition) is 5.